The molecule has 0 saturated heterocycles. The highest BCUT2D eigenvalue weighted by Gasteiger charge is 2.10. The molecule has 2 nitrogen and oxygen atoms in total. The number of fused-ring (bicyclic) bond motifs is 1. The summed E-state index contributed by atoms with van der Waals surface area (Å²) >= 11 is 5.79. The van der Waals surface area contributed by atoms with Crippen molar-refractivity contribution in [1.82, 2.24) is 0 Å². The third-order valence-corrected chi connectivity index (χ3v) is 3.43. The summed E-state index contributed by atoms with van der Waals surface area (Å²) in [5.41, 5.74) is 0.838. The van der Waals surface area contributed by atoms with E-state index in [0.717, 1.165) is 15.0 Å². The first kappa shape index (κ1) is 9.08. The van der Waals surface area contributed by atoms with Crippen molar-refractivity contribution in [3.05, 3.63) is 28.6 Å². The molecule has 2 aromatic rings. The molecule has 66 valence electrons. The van der Waals surface area contributed by atoms with Crippen molar-refractivity contribution in [2.45, 2.75) is 4.90 Å². The van der Waals surface area contributed by atoms with Gasteiger partial charge < -0.3 is 0 Å². The lowest BCUT2D eigenvalue weighted by Gasteiger charge is -1.96. The number of hydrogen-bond acceptors (Lipinski definition) is 4. The second-order valence-electron chi connectivity index (χ2n) is 2.71. The highest BCUT2D eigenvalue weighted by molar-refractivity contribution is 7.80. The van der Waals surface area contributed by atoms with E-state index in [-0.39, 0.29) is 0 Å². The molecule has 2 rings (SSSR count). The third kappa shape index (κ3) is 1.17. The highest BCUT2D eigenvalue weighted by atomic mass is 32.1. The van der Waals surface area contributed by atoms with Gasteiger partial charge in [-0.1, -0.05) is 0 Å². The highest BCUT2D eigenvalue weighted by Crippen LogP contribution is 2.32. The van der Waals surface area contributed by atoms with Crippen LogP contribution < -0.4 is 0 Å². The van der Waals surface area contributed by atoms with Gasteiger partial charge in [0.05, 0.1) is 11.1 Å². The molecule has 0 fully saturated rings. The van der Waals surface area contributed by atoms with E-state index in [1.165, 1.54) is 11.3 Å². The van der Waals surface area contributed by atoms with E-state index in [1.807, 2.05) is 17.5 Å². The van der Waals surface area contributed by atoms with E-state index in [9.17, 15) is 0 Å². The minimum Gasteiger partial charge on any atom is -0.192 e. The van der Waals surface area contributed by atoms with Crippen LogP contribution in [-0.4, -0.2) is 0 Å². The number of benzene rings is 1. The largest absolute Gasteiger partial charge is 0.192 e. The van der Waals surface area contributed by atoms with Gasteiger partial charge >= 0.3 is 0 Å². The Balaban J connectivity index is 2.99. The molecule has 1 aromatic carbocycles. The van der Waals surface area contributed by atoms with Crippen molar-refractivity contribution in [3.63, 3.8) is 0 Å². The maximum Gasteiger partial charge on any atom is 0.101 e. The number of thiophene rings is 1. The van der Waals surface area contributed by atoms with E-state index in [2.05, 4.69) is 18.7 Å². The van der Waals surface area contributed by atoms with Gasteiger partial charge in [-0.3, -0.25) is 0 Å². The van der Waals surface area contributed by atoms with Crippen LogP contribution >= 0.6 is 24.0 Å². The summed E-state index contributed by atoms with van der Waals surface area (Å²) in [6.07, 6.45) is 0. The molecule has 0 bridgehead atoms. The number of nitrogens with zero attached hydrogens (tertiary/aromatic N) is 2. The minimum atomic E-state index is 0.411. The van der Waals surface area contributed by atoms with Gasteiger partial charge in [-0.05, 0) is 12.1 Å². The summed E-state index contributed by atoms with van der Waals surface area (Å²) in [5.74, 6) is 0. The topological polar surface area (TPSA) is 47.6 Å². The molecule has 1 heterocycles. The summed E-state index contributed by atoms with van der Waals surface area (Å²) in [6.45, 7) is 0. The summed E-state index contributed by atoms with van der Waals surface area (Å²) in [7, 11) is 0. The number of thiol groups is 1. The standard InChI is InChI=1S/C10H4N2S2/c11-3-6-1-2-9-10(7(6)4-12)8(13)5-14-9/h1-2,5,13H. The van der Waals surface area contributed by atoms with Crippen LogP contribution in [-0.2, 0) is 0 Å². The smallest absolute Gasteiger partial charge is 0.101 e. The minimum absolute atomic E-state index is 0.411. The molecule has 0 aliphatic carbocycles. The molecule has 0 unspecified atom stereocenters. The molecule has 0 aliphatic heterocycles. The summed E-state index contributed by atoms with van der Waals surface area (Å²) < 4.78 is 0.991. The molecule has 0 N–H and O–H groups in total. The Labute approximate surface area is 90.4 Å². The zero-order valence-corrected chi connectivity index (χ0v) is 8.69. The zero-order chi connectivity index (χ0) is 10.1. The fourth-order valence-corrected chi connectivity index (χ4v) is 2.62. The van der Waals surface area contributed by atoms with Crippen LogP contribution in [0.2, 0.25) is 0 Å². The maximum atomic E-state index is 8.96. The average Bonchev–Trinajstić information content (AvgIpc) is 2.59. The van der Waals surface area contributed by atoms with Crippen LogP contribution in [0, 0.1) is 22.7 Å². The van der Waals surface area contributed by atoms with E-state index >= 15 is 0 Å². The first-order chi connectivity index (χ1) is 6.77. The molecule has 0 atom stereocenters. The average molecular weight is 216 g/mol. The molecular formula is C10H4N2S2. The number of rotatable bonds is 0. The first-order valence-electron chi connectivity index (χ1n) is 3.81. The second-order valence-corrected chi connectivity index (χ2v) is 4.10. The number of nitriles is 2. The quantitative estimate of drug-likeness (QED) is 0.688. The van der Waals surface area contributed by atoms with E-state index in [1.54, 1.807) is 6.07 Å². The van der Waals surface area contributed by atoms with E-state index < -0.39 is 0 Å². The molecule has 0 saturated carbocycles. The fourth-order valence-electron chi connectivity index (χ4n) is 1.32. The van der Waals surface area contributed by atoms with Crippen molar-refractivity contribution in [1.29, 1.82) is 10.5 Å². The lowest BCUT2D eigenvalue weighted by molar-refractivity contribution is 1.45. The predicted octanol–water partition coefficient (Wildman–Crippen LogP) is 2.93. The normalized spacial score (nSPS) is 9.64. The maximum absolute atomic E-state index is 8.96. The Bertz CT molecular complexity index is 584. The molecule has 0 radical (unpaired) electrons. The van der Waals surface area contributed by atoms with E-state index in [0.29, 0.717) is 11.1 Å². The van der Waals surface area contributed by atoms with E-state index in [4.69, 9.17) is 10.5 Å². The molecule has 0 aliphatic rings. The van der Waals surface area contributed by atoms with Crippen LogP contribution in [0.15, 0.2) is 22.4 Å². The van der Waals surface area contributed by atoms with Gasteiger partial charge in [-0.15, -0.1) is 24.0 Å². The molecule has 14 heavy (non-hydrogen) atoms. The Morgan fingerprint density at radius 2 is 2.00 bits per heavy atom. The van der Waals surface area contributed by atoms with Crippen molar-refractivity contribution >= 4 is 34.1 Å². The molecule has 0 spiro atoms. The van der Waals surface area contributed by atoms with Crippen molar-refractivity contribution in [2.75, 3.05) is 0 Å². The van der Waals surface area contributed by atoms with Crippen LogP contribution in [0.3, 0.4) is 0 Å². The van der Waals surface area contributed by atoms with Crippen molar-refractivity contribution < 1.29 is 0 Å². The summed E-state index contributed by atoms with van der Waals surface area (Å²) in [5, 5.41) is 20.4. The predicted molar refractivity (Wildman–Crippen MR) is 58.5 cm³/mol. The van der Waals surface area contributed by atoms with Crippen molar-refractivity contribution in [3.8, 4) is 12.1 Å². The van der Waals surface area contributed by atoms with Crippen LogP contribution in [0.5, 0.6) is 0 Å². The number of hydrogen-bond donors (Lipinski definition) is 1. The monoisotopic (exact) mass is 216 g/mol. The van der Waals surface area contributed by atoms with Gasteiger partial charge in [-0.25, -0.2) is 0 Å². The van der Waals surface area contributed by atoms with Gasteiger partial charge in [0.2, 0.25) is 0 Å². The van der Waals surface area contributed by atoms with Crippen LogP contribution in [0.4, 0.5) is 0 Å². The fraction of sp³-hybridized carbons (Fsp3) is 0. The Kier molecular flexibility index (Phi) is 2.17. The SMILES string of the molecule is N#Cc1ccc2scc(S)c2c1C#N. The lowest BCUT2D eigenvalue weighted by Crippen LogP contribution is -1.83. The molecule has 0 amide bonds. The molecular weight excluding hydrogens is 212 g/mol. The van der Waals surface area contributed by atoms with Gasteiger partial charge in [0.15, 0.2) is 0 Å². The first-order valence-corrected chi connectivity index (χ1v) is 5.14. The zero-order valence-electron chi connectivity index (χ0n) is 6.98. The summed E-state index contributed by atoms with van der Waals surface area (Å²) in [4.78, 5) is 0.763. The summed E-state index contributed by atoms with van der Waals surface area (Å²) in [6, 6.07) is 7.57. The van der Waals surface area contributed by atoms with Crippen LogP contribution in [0.25, 0.3) is 10.1 Å². The van der Waals surface area contributed by atoms with Gasteiger partial charge in [0, 0.05) is 20.4 Å². The third-order valence-electron chi connectivity index (χ3n) is 1.95. The van der Waals surface area contributed by atoms with Gasteiger partial charge in [0.25, 0.3) is 0 Å². The van der Waals surface area contributed by atoms with Gasteiger partial charge in [0.1, 0.15) is 12.1 Å². The van der Waals surface area contributed by atoms with Crippen LogP contribution in [0.1, 0.15) is 11.1 Å². The Hall–Kier alpha value is -1.49. The molecule has 4 heteroatoms. The Morgan fingerprint density at radius 1 is 1.21 bits per heavy atom. The van der Waals surface area contributed by atoms with Crippen molar-refractivity contribution in [2.24, 2.45) is 0 Å². The van der Waals surface area contributed by atoms with Gasteiger partial charge in [-0.2, -0.15) is 10.5 Å². The second kappa shape index (κ2) is 3.34. The Morgan fingerprint density at radius 3 is 2.64 bits per heavy atom. The lowest BCUT2D eigenvalue weighted by atomic mass is 10.1. The molecule has 1 aromatic heterocycles.